The highest BCUT2D eigenvalue weighted by atomic mass is 16.5. The van der Waals surface area contributed by atoms with Crippen molar-refractivity contribution >= 4 is 5.91 Å². The van der Waals surface area contributed by atoms with Gasteiger partial charge in [-0.3, -0.25) is 9.69 Å². The van der Waals surface area contributed by atoms with Crippen molar-refractivity contribution in [2.75, 3.05) is 32.8 Å². The number of rotatable bonds is 5. The number of carbonyl (C=O) groups excluding carboxylic acids is 1. The van der Waals surface area contributed by atoms with Crippen LogP contribution >= 0.6 is 0 Å². The minimum atomic E-state index is 0.0840. The molecule has 1 saturated heterocycles. The van der Waals surface area contributed by atoms with Gasteiger partial charge >= 0.3 is 0 Å². The van der Waals surface area contributed by atoms with Crippen LogP contribution in [0.25, 0.3) is 0 Å². The van der Waals surface area contributed by atoms with E-state index in [1.54, 1.807) is 0 Å². The molecule has 1 rings (SSSR count). The minimum Gasteiger partial charge on any atom is -0.377 e. The Morgan fingerprint density at radius 1 is 1.65 bits per heavy atom. The van der Waals surface area contributed by atoms with Gasteiger partial charge in [-0.05, 0) is 20.3 Å². The van der Waals surface area contributed by atoms with Crippen LogP contribution in [0.1, 0.15) is 26.7 Å². The van der Waals surface area contributed by atoms with Gasteiger partial charge in [-0.15, -0.1) is 0 Å². The normalized spacial score (nSPS) is 24.1. The molecule has 1 fully saturated rings. The highest BCUT2D eigenvalue weighted by molar-refractivity contribution is 5.76. The maximum Gasteiger partial charge on any atom is 0.221 e. The summed E-state index contributed by atoms with van der Waals surface area (Å²) in [6.45, 7) is 7.82. The van der Waals surface area contributed by atoms with Crippen LogP contribution in [0, 0.1) is 0 Å². The van der Waals surface area contributed by atoms with E-state index in [0.29, 0.717) is 19.5 Å². The third kappa shape index (κ3) is 5.02. The number of amides is 1. The predicted molar refractivity (Wildman–Crippen MR) is 67.7 cm³/mol. The Balaban J connectivity index is 2.49. The molecule has 2 atom stereocenters. The third-order valence-electron chi connectivity index (χ3n) is 3.07. The second-order valence-electron chi connectivity index (χ2n) is 4.58. The molecule has 1 amide bonds. The molecule has 0 aromatic rings. The maximum atomic E-state index is 11.6. The van der Waals surface area contributed by atoms with E-state index in [1.165, 1.54) is 0 Å². The van der Waals surface area contributed by atoms with Crippen LogP contribution in [-0.4, -0.2) is 55.7 Å². The zero-order valence-corrected chi connectivity index (χ0v) is 10.9. The van der Waals surface area contributed by atoms with Gasteiger partial charge in [-0.1, -0.05) is 0 Å². The maximum absolute atomic E-state index is 11.6. The van der Waals surface area contributed by atoms with Crippen LogP contribution in [0.5, 0.6) is 0 Å². The van der Waals surface area contributed by atoms with E-state index in [0.717, 1.165) is 26.1 Å². The summed E-state index contributed by atoms with van der Waals surface area (Å²) in [5, 5.41) is 2.82. The molecule has 0 spiro atoms. The molecule has 5 heteroatoms. The minimum absolute atomic E-state index is 0.0840. The van der Waals surface area contributed by atoms with Crippen molar-refractivity contribution in [2.24, 2.45) is 5.73 Å². The number of nitrogens with one attached hydrogen (secondary N) is 1. The number of nitrogens with zero attached hydrogens (tertiary/aromatic N) is 1. The van der Waals surface area contributed by atoms with Crippen LogP contribution in [0.15, 0.2) is 0 Å². The molecule has 0 aromatic heterocycles. The second-order valence-corrected chi connectivity index (χ2v) is 4.58. The van der Waals surface area contributed by atoms with Crippen molar-refractivity contribution in [3.8, 4) is 0 Å². The fraction of sp³-hybridized carbons (Fsp3) is 0.917. The average Bonchev–Trinajstić information content (AvgIpc) is 2.51. The molecule has 17 heavy (non-hydrogen) atoms. The summed E-state index contributed by atoms with van der Waals surface area (Å²) in [7, 11) is 0. The van der Waals surface area contributed by atoms with Gasteiger partial charge in [-0.25, -0.2) is 0 Å². The fourth-order valence-corrected chi connectivity index (χ4v) is 2.20. The molecule has 100 valence electrons. The van der Waals surface area contributed by atoms with E-state index in [4.69, 9.17) is 10.5 Å². The van der Waals surface area contributed by atoms with Crippen LogP contribution in [0.3, 0.4) is 0 Å². The first kappa shape index (κ1) is 14.4. The summed E-state index contributed by atoms with van der Waals surface area (Å²) in [6, 6.07) is 0.130. The highest BCUT2D eigenvalue weighted by Gasteiger charge is 2.23. The Hall–Kier alpha value is -0.650. The SMILES string of the molecule is CCNC(=O)CC(CN)N1CCCOC(C)C1. The average molecular weight is 243 g/mol. The third-order valence-corrected chi connectivity index (χ3v) is 3.07. The molecule has 0 saturated carbocycles. The van der Waals surface area contributed by atoms with E-state index in [9.17, 15) is 4.79 Å². The summed E-state index contributed by atoms with van der Waals surface area (Å²) in [4.78, 5) is 13.9. The molecular weight excluding hydrogens is 218 g/mol. The monoisotopic (exact) mass is 243 g/mol. The zero-order chi connectivity index (χ0) is 12.7. The van der Waals surface area contributed by atoms with E-state index in [1.807, 2.05) is 6.92 Å². The van der Waals surface area contributed by atoms with Crippen molar-refractivity contribution in [1.29, 1.82) is 0 Å². The van der Waals surface area contributed by atoms with Gasteiger partial charge < -0.3 is 15.8 Å². The first-order valence-electron chi connectivity index (χ1n) is 6.49. The van der Waals surface area contributed by atoms with Gasteiger partial charge in [-0.2, -0.15) is 0 Å². The lowest BCUT2D eigenvalue weighted by molar-refractivity contribution is -0.122. The first-order chi connectivity index (χ1) is 8.17. The molecule has 2 unspecified atom stereocenters. The van der Waals surface area contributed by atoms with Crippen LogP contribution in [0.2, 0.25) is 0 Å². The molecule has 3 N–H and O–H groups in total. The van der Waals surface area contributed by atoms with E-state index < -0.39 is 0 Å². The molecule has 1 heterocycles. The quantitative estimate of drug-likeness (QED) is 0.710. The lowest BCUT2D eigenvalue weighted by atomic mass is 10.1. The summed E-state index contributed by atoms with van der Waals surface area (Å²) >= 11 is 0. The van der Waals surface area contributed by atoms with Crippen LogP contribution in [-0.2, 0) is 9.53 Å². The van der Waals surface area contributed by atoms with Crippen LogP contribution in [0.4, 0.5) is 0 Å². The van der Waals surface area contributed by atoms with Gasteiger partial charge in [0.05, 0.1) is 6.10 Å². The van der Waals surface area contributed by atoms with Gasteiger partial charge in [0.25, 0.3) is 0 Å². The zero-order valence-electron chi connectivity index (χ0n) is 10.9. The van der Waals surface area contributed by atoms with Crippen molar-refractivity contribution in [1.82, 2.24) is 10.2 Å². The lowest BCUT2D eigenvalue weighted by Gasteiger charge is -2.30. The Morgan fingerprint density at radius 2 is 2.41 bits per heavy atom. The van der Waals surface area contributed by atoms with Crippen molar-refractivity contribution in [3.05, 3.63) is 0 Å². The predicted octanol–water partition coefficient (Wildman–Crippen LogP) is -0.0493. The largest absolute Gasteiger partial charge is 0.377 e. The van der Waals surface area contributed by atoms with Crippen molar-refractivity contribution in [2.45, 2.75) is 38.8 Å². The molecule has 0 aliphatic carbocycles. The Labute approximate surface area is 104 Å². The number of carbonyl (C=O) groups is 1. The van der Waals surface area contributed by atoms with Crippen molar-refractivity contribution in [3.63, 3.8) is 0 Å². The Morgan fingerprint density at radius 3 is 3.06 bits per heavy atom. The molecule has 1 aliphatic heterocycles. The number of hydrogen-bond donors (Lipinski definition) is 2. The Bertz CT molecular complexity index is 236. The number of ether oxygens (including phenoxy) is 1. The van der Waals surface area contributed by atoms with Gasteiger partial charge in [0, 0.05) is 45.2 Å². The Kier molecular flexibility index (Phi) is 6.47. The summed E-state index contributed by atoms with van der Waals surface area (Å²) < 4.78 is 5.60. The van der Waals surface area contributed by atoms with E-state index in [-0.39, 0.29) is 18.1 Å². The highest BCUT2D eigenvalue weighted by Crippen LogP contribution is 2.11. The second kappa shape index (κ2) is 7.63. The topological polar surface area (TPSA) is 67.6 Å². The first-order valence-corrected chi connectivity index (χ1v) is 6.49. The molecule has 0 aromatic carbocycles. The summed E-state index contributed by atoms with van der Waals surface area (Å²) in [5.41, 5.74) is 5.78. The van der Waals surface area contributed by atoms with Crippen molar-refractivity contribution < 1.29 is 9.53 Å². The van der Waals surface area contributed by atoms with E-state index >= 15 is 0 Å². The fourth-order valence-electron chi connectivity index (χ4n) is 2.20. The number of hydrogen-bond acceptors (Lipinski definition) is 4. The number of nitrogens with two attached hydrogens (primary N) is 1. The van der Waals surface area contributed by atoms with Gasteiger partial charge in [0.15, 0.2) is 0 Å². The van der Waals surface area contributed by atoms with E-state index in [2.05, 4.69) is 17.1 Å². The molecule has 0 radical (unpaired) electrons. The lowest BCUT2D eigenvalue weighted by Crippen LogP contribution is -2.46. The van der Waals surface area contributed by atoms with Gasteiger partial charge in [0.1, 0.15) is 0 Å². The smallest absolute Gasteiger partial charge is 0.221 e. The standard InChI is InChI=1S/C12H25N3O2/c1-3-14-12(16)7-11(8-13)15-5-4-6-17-10(2)9-15/h10-11H,3-9,13H2,1-2H3,(H,14,16). The summed E-state index contributed by atoms with van der Waals surface area (Å²) in [5.74, 6) is 0.0840. The molecular formula is C12H25N3O2. The molecule has 5 nitrogen and oxygen atoms in total. The van der Waals surface area contributed by atoms with Crippen LogP contribution < -0.4 is 11.1 Å². The summed E-state index contributed by atoms with van der Waals surface area (Å²) in [6.07, 6.45) is 1.72. The molecule has 1 aliphatic rings. The molecule has 0 bridgehead atoms. The van der Waals surface area contributed by atoms with Gasteiger partial charge in [0.2, 0.25) is 5.91 Å².